The van der Waals surface area contributed by atoms with Gasteiger partial charge in [0.15, 0.2) is 7.05 Å². The van der Waals surface area contributed by atoms with Gasteiger partial charge in [-0.05, 0) is 12.1 Å². The van der Waals surface area contributed by atoms with Gasteiger partial charge in [-0.25, -0.2) is 4.79 Å². The van der Waals surface area contributed by atoms with E-state index in [4.69, 9.17) is 4.42 Å². The van der Waals surface area contributed by atoms with Gasteiger partial charge in [-0.15, -0.1) is 0 Å². The van der Waals surface area contributed by atoms with Crippen molar-refractivity contribution in [1.82, 2.24) is 5.10 Å². The van der Waals surface area contributed by atoms with Gasteiger partial charge in [0.05, 0.1) is 5.56 Å². The number of aromatic nitrogens is 2. The molecule has 0 radical (unpaired) electrons. The maximum Gasteiger partial charge on any atom is 0.470 e. The number of hydrogen-bond acceptors (Lipinski definition) is 2. The molecule has 0 aliphatic rings. The molecule has 0 fully saturated rings. The van der Waals surface area contributed by atoms with Crippen LogP contribution >= 0.6 is 0 Å². The highest BCUT2D eigenvalue weighted by Crippen LogP contribution is 2.11. The van der Waals surface area contributed by atoms with Gasteiger partial charge < -0.3 is 4.42 Å². The highest BCUT2D eigenvalue weighted by atomic mass is 16.4. The van der Waals surface area contributed by atoms with Gasteiger partial charge in [0, 0.05) is 0 Å². The van der Waals surface area contributed by atoms with E-state index < -0.39 is 5.76 Å². The van der Waals surface area contributed by atoms with Crippen LogP contribution in [0.15, 0.2) is 39.5 Å². The predicted octanol–water partition coefficient (Wildman–Crippen LogP) is 0.459. The molecule has 66 valence electrons. The lowest BCUT2D eigenvalue weighted by atomic mass is 10.2. The Labute approximate surface area is 74.4 Å². The molecular weight excluding hydrogens is 168 g/mol. The summed E-state index contributed by atoms with van der Waals surface area (Å²) in [5, 5.41) is 2.50. The minimum Gasteiger partial charge on any atom is -0.348 e. The summed E-state index contributed by atoms with van der Waals surface area (Å²) in [7, 11) is 1.73. The van der Waals surface area contributed by atoms with Crippen LogP contribution in [0.4, 0.5) is 0 Å². The molecule has 0 unspecified atom stereocenters. The Kier molecular flexibility index (Phi) is 1.73. The van der Waals surface area contributed by atoms with Crippen molar-refractivity contribution in [1.29, 1.82) is 0 Å². The minimum atomic E-state index is -0.443. The number of rotatable bonds is 1. The molecular formula is C9H9N2O2+. The average molecular weight is 177 g/mol. The average Bonchev–Trinajstić information content (AvgIpc) is 2.47. The molecule has 1 N–H and O–H groups in total. The van der Waals surface area contributed by atoms with Gasteiger partial charge in [0.25, 0.3) is 0 Å². The van der Waals surface area contributed by atoms with Gasteiger partial charge in [-0.3, -0.25) is 0 Å². The fourth-order valence-electron chi connectivity index (χ4n) is 1.20. The summed E-state index contributed by atoms with van der Waals surface area (Å²) < 4.78 is 6.51. The first-order chi connectivity index (χ1) is 6.27. The molecule has 0 atom stereocenters. The third kappa shape index (κ3) is 1.38. The van der Waals surface area contributed by atoms with Crippen molar-refractivity contribution < 1.29 is 9.10 Å². The standard InChI is InChI=1S/C9H8N2O2/c1-11-8(13-9(12)10-11)7-5-3-2-4-6-7/h2-6H,1H3/p+1. The molecule has 0 aliphatic heterocycles. The number of nitrogens with one attached hydrogen (secondary N) is 1. The smallest absolute Gasteiger partial charge is 0.348 e. The van der Waals surface area contributed by atoms with Crippen LogP contribution in [0.1, 0.15) is 0 Å². The third-order valence-corrected chi connectivity index (χ3v) is 1.77. The van der Waals surface area contributed by atoms with Crippen molar-refractivity contribution in [2.45, 2.75) is 0 Å². The number of nitrogens with zero attached hydrogens (tertiary/aromatic N) is 1. The lowest BCUT2D eigenvalue weighted by molar-refractivity contribution is -0.720. The van der Waals surface area contributed by atoms with Gasteiger partial charge in [-0.2, -0.15) is 0 Å². The number of benzene rings is 1. The number of hydrogen-bond donors (Lipinski definition) is 1. The maximum atomic E-state index is 10.8. The zero-order valence-corrected chi connectivity index (χ0v) is 7.15. The zero-order chi connectivity index (χ0) is 9.26. The van der Waals surface area contributed by atoms with Crippen LogP contribution < -0.4 is 10.4 Å². The summed E-state index contributed by atoms with van der Waals surface area (Å²) >= 11 is 0. The first-order valence-corrected chi connectivity index (χ1v) is 3.92. The van der Waals surface area contributed by atoms with Crippen LogP contribution in [0.2, 0.25) is 0 Å². The molecule has 0 amide bonds. The first kappa shape index (κ1) is 7.79. The summed E-state index contributed by atoms with van der Waals surface area (Å²) in [6, 6.07) is 9.46. The molecule has 2 aromatic rings. The second-order valence-electron chi connectivity index (χ2n) is 2.73. The number of H-pyrrole nitrogens is 1. The van der Waals surface area contributed by atoms with Crippen LogP contribution in [0.5, 0.6) is 0 Å². The molecule has 1 aromatic carbocycles. The Hall–Kier alpha value is -1.84. The molecule has 1 heterocycles. The van der Waals surface area contributed by atoms with E-state index in [1.54, 1.807) is 11.7 Å². The van der Waals surface area contributed by atoms with E-state index in [0.717, 1.165) is 5.56 Å². The van der Waals surface area contributed by atoms with E-state index in [1.807, 2.05) is 30.3 Å². The van der Waals surface area contributed by atoms with E-state index in [9.17, 15) is 4.79 Å². The maximum absolute atomic E-state index is 10.8. The number of aryl methyl sites for hydroxylation is 1. The van der Waals surface area contributed by atoms with Crippen molar-refractivity contribution in [3.05, 3.63) is 40.9 Å². The van der Waals surface area contributed by atoms with Crippen LogP contribution in [0.25, 0.3) is 11.5 Å². The lowest BCUT2D eigenvalue weighted by Crippen LogP contribution is -2.34. The molecule has 0 aliphatic carbocycles. The minimum absolute atomic E-state index is 0.443. The van der Waals surface area contributed by atoms with E-state index in [-0.39, 0.29) is 0 Å². The monoisotopic (exact) mass is 177 g/mol. The molecule has 0 saturated heterocycles. The zero-order valence-electron chi connectivity index (χ0n) is 7.15. The van der Waals surface area contributed by atoms with Crippen molar-refractivity contribution >= 4 is 0 Å². The Balaban J connectivity index is 2.59. The Morgan fingerprint density at radius 3 is 2.54 bits per heavy atom. The normalized spacial score (nSPS) is 10.2. The third-order valence-electron chi connectivity index (χ3n) is 1.77. The van der Waals surface area contributed by atoms with Crippen molar-refractivity contribution in [3.63, 3.8) is 0 Å². The van der Waals surface area contributed by atoms with E-state index >= 15 is 0 Å². The Bertz CT molecular complexity index is 456. The predicted molar refractivity (Wildman–Crippen MR) is 45.9 cm³/mol. The SMILES string of the molecule is C[n+]1[nH]c(=O)oc1-c1ccccc1. The fourth-order valence-corrected chi connectivity index (χ4v) is 1.20. The fraction of sp³-hybridized carbons (Fsp3) is 0.111. The highest BCUT2D eigenvalue weighted by Gasteiger charge is 2.15. The molecule has 0 spiro atoms. The van der Waals surface area contributed by atoms with Gasteiger partial charge in [-0.1, -0.05) is 28.0 Å². The lowest BCUT2D eigenvalue weighted by Gasteiger charge is -1.88. The summed E-state index contributed by atoms with van der Waals surface area (Å²) in [5.74, 6) is 0.0898. The molecule has 1 aromatic heterocycles. The summed E-state index contributed by atoms with van der Waals surface area (Å²) in [6.45, 7) is 0. The van der Waals surface area contributed by atoms with Crippen LogP contribution in [0.3, 0.4) is 0 Å². The van der Waals surface area contributed by atoms with Gasteiger partial charge in [0.2, 0.25) is 0 Å². The molecule has 0 saturated carbocycles. The van der Waals surface area contributed by atoms with E-state index in [0.29, 0.717) is 5.89 Å². The molecule has 2 rings (SSSR count). The quantitative estimate of drug-likeness (QED) is 0.643. The molecule has 0 bridgehead atoms. The first-order valence-electron chi connectivity index (χ1n) is 3.92. The van der Waals surface area contributed by atoms with Crippen LogP contribution in [0, 0.1) is 0 Å². The Morgan fingerprint density at radius 2 is 2.00 bits per heavy atom. The molecule has 13 heavy (non-hydrogen) atoms. The van der Waals surface area contributed by atoms with E-state index in [1.165, 1.54) is 0 Å². The second-order valence-corrected chi connectivity index (χ2v) is 2.73. The van der Waals surface area contributed by atoms with Crippen molar-refractivity contribution in [2.75, 3.05) is 0 Å². The molecule has 4 nitrogen and oxygen atoms in total. The van der Waals surface area contributed by atoms with E-state index in [2.05, 4.69) is 5.10 Å². The van der Waals surface area contributed by atoms with Gasteiger partial charge in [0.1, 0.15) is 0 Å². The summed E-state index contributed by atoms with van der Waals surface area (Å²) in [4.78, 5) is 10.8. The largest absolute Gasteiger partial charge is 0.470 e. The number of aromatic amines is 1. The molecule has 4 heteroatoms. The van der Waals surface area contributed by atoms with Gasteiger partial charge >= 0.3 is 11.6 Å². The van der Waals surface area contributed by atoms with Crippen molar-refractivity contribution in [3.8, 4) is 11.5 Å². The second kappa shape index (κ2) is 2.90. The summed E-state index contributed by atoms with van der Waals surface area (Å²) in [6.07, 6.45) is 0. The summed E-state index contributed by atoms with van der Waals surface area (Å²) in [5.41, 5.74) is 0.878. The van der Waals surface area contributed by atoms with Crippen molar-refractivity contribution in [2.24, 2.45) is 7.05 Å². The van der Waals surface area contributed by atoms with Crippen LogP contribution in [-0.2, 0) is 7.05 Å². The highest BCUT2D eigenvalue weighted by molar-refractivity contribution is 5.48. The van der Waals surface area contributed by atoms with Crippen LogP contribution in [-0.4, -0.2) is 5.10 Å². The topological polar surface area (TPSA) is 49.9 Å². The Morgan fingerprint density at radius 1 is 1.31 bits per heavy atom.